The van der Waals surface area contributed by atoms with Crippen molar-refractivity contribution < 1.29 is 19.1 Å². The van der Waals surface area contributed by atoms with Crippen LogP contribution >= 0.6 is 31.9 Å². The summed E-state index contributed by atoms with van der Waals surface area (Å²) >= 11 is 6.57. The summed E-state index contributed by atoms with van der Waals surface area (Å²) in [5, 5.41) is 0. The average molecular weight is 414 g/mol. The minimum Gasteiger partial charge on any atom is -0.493 e. The highest BCUT2D eigenvalue weighted by Crippen LogP contribution is 2.37. The van der Waals surface area contributed by atoms with Crippen LogP contribution < -0.4 is 9.47 Å². The van der Waals surface area contributed by atoms with Crippen LogP contribution in [0.2, 0.25) is 0 Å². The summed E-state index contributed by atoms with van der Waals surface area (Å²) in [4.78, 5) is 23.0. The van der Waals surface area contributed by atoms with E-state index in [-0.39, 0.29) is 5.75 Å². The molecule has 2 aromatic carbocycles. The third-order valence-electron chi connectivity index (χ3n) is 2.68. The second kappa shape index (κ2) is 6.87. The molecule has 0 aliphatic heterocycles. The van der Waals surface area contributed by atoms with Crippen molar-refractivity contribution in [3.63, 3.8) is 0 Å². The van der Waals surface area contributed by atoms with Gasteiger partial charge in [-0.3, -0.25) is 4.79 Å². The molecule has 0 aliphatic rings. The van der Waals surface area contributed by atoms with Gasteiger partial charge in [0.2, 0.25) is 0 Å². The van der Waals surface area contributed by atoms with E-state index in [1.807, 2.05) is 0 Å². The lowest BCUT2D eigenvalue weighted by atomic mass is 10.2. The Morgan fingerprint density at radius 2 is 1.86 bits per heavy atom. The van der Waals surface area contributed by atoms with Crippen LogP contribution in [0.1, 0.15) is 20.7 Å². The van der Waals surface area contributed by atoms with Crippen molar-refractivity contribution >= 4 is 44.1 Å². The third kappa shape index (κ3) is 3.51. The molecule has 0 unspecified atom stereocenters. The number of rotatable bonds is 4. The quantitative estimate of drug-likeness (QED) is 0.427. The highest BCUT2D eigenvalue weighted by molar-refractivity contribution is 9.10. The predicted octanol–water partition coefficient (Wildman–Crippen LogP) is 4.25. The molecule has 0 N–H and O–H groups in total. The van der Waals surface area contributed by atoms with Gasteiger partial charge in [-0.05, 0) is 56.1 Å². The first-order valence-corrected chi connectivity index (χ1v) is 7.45. The van der Waals surface area contributed by atoms with E-state index in [1.54, 1.807) is 30.3 Å². The van der Waals surface area contributed by atoms with Crippen molar-refractivity contribution in [2.75, 3.05) is 7.11 Å². The summed E-state index contributed by atoms with van der Waals surface area (Å²) in [6.45, 7) is 0. The zero-order valence-corrected chi connectivity index (χ0v) is 14.1. The molecule has 0 saturated carbocycles. The Hall–Kier alpha value is -1.66. The number of carbonyl (C=O) groups is 2. The zero-order valence-electron chi connectivity index (χ0n) is 10.9. The fraction of sp³-hybridized carbons (Fsp3) is 0.0667. The van der Waals surface area contributed by atoms with Gasteiger partial charge in [0.05, 0.1) is 17.1 Å². The molecule has 0 amide bonds. The molecule has 0 aromatic heterocycles. The Labute approximate surface area is 138 Å². The maximum atomic E-state index is 12.2. The topological polar surface area (TPSA) is 52.6 Å². The van der Waals surface area contributed by atoms with Crippen LogP contribution in [-0.4, -0.2) is 19.4 Å². The minimum atomic E-state index is -0.527. The zero-order chi connectivity index (χ0) is 15.4. The van der Waals surface area contributed by atoms with E-state index in [1.165, 1.54) is 13.2 Å². The van der Waals surface area contributed by atoms with Crippen molar-refractivity contribution in [2.24, 2.45) is 0 Å². The lowest BCUT2D eigenvalue weighted by Crippen LogP contribution is -2.10. The van der Waals surface area contributed by atoms with Crippen LogP contribution in [0.3, 0.4) is 0 Å². The van der Waals surface area contributed by atoms with Crippen molar-refractivity contribution in [3.8, 4) is 11.5 Å². The summed E-state index contributed by atoms with van der Waals surface area (Å²) < 4.78 is 11.6. The maximum absolute atomic E-state index is 12.2. The lowest BCUT2D eigenvalue weighted by Gasteiger charge is -2.12. The van der Waals surface area contributed by atoms with Gasteiger partial charge in [0.1, 0.15) is 6.29 Å². The Balaban J connectivity index is 2.38. The van der Waals surface area contributed by atoms with Crippen molar-refractivity contribution in [1.29, 1.82) is 0 Å². The van der Waals surface area contributed by atoms with E-state index >= 15 is 0 Å². The van der Waals surface area contributed by atoms with Crippen LogP contribution in [0.5, 0.6) is 11.5 Å². The highest BCUT2D eigenvalue weighted by Gasteiger charge is 2.18. The Kier molecular flexibility index (Phi) is 5.14. The predicted molar refractivity (Wildman–Crippen MR) is 85.2 cm³/mol. The SMILES string of the molecule is COc1cc(C=O)cc(Br)c1OC(=O)c1ccccc1Br. The molecule has 4 nitrogen and oxygen atoms in total. The number of ether oxygens (including phenoxy) is 2. The smallest absolute Gasteiger partial charge is 0.344 e. The summed E-state index contributed by atoms with van der Waals surface area (Å²) in [7, 11) is 1.44. The lowest BCUT2D eigenvalue weighted by molar-refractivity contribution is 0.0727. The number of benzene rings is 2. The van der Waals surface area contributed by atoms with Crippen LogP contribution in [0.15, 0.2) is 45.3 Å². The van der Waals surface area contributed by atoms with Crippen molar-refractivity contribution in [3.05, 3.63) is 56.5 Å². The van der Waals surface area contributed by atoms with Gasteiger partial charge in [-0.1, -0.05) is 12.1 Å². The molecule has 6 heteroatoms. The molecule has 2 rings (SSSR count). The number of methoxy groups -OCH3 is 1. The van der Waals surface area contributed by atoms with E-state index in [0.29, 0.717) is 32.1 Å². The average Bonchev–Trinajstić information content (AvgIpc) is 2.49. The number of halogens is 2. The van der Waals surface area contributed by atoms with Gasteiger partial charge in [-0.2, -0.15) is 0 Å². The fourth-order valence-corrected chi connectivity index (χ4v) is 2.67. The maximum Gasteiger partial charge on any atom is 0.344 e. The molecule has 108 valence electrons. The molecule has 0 heterocycles. The minimum absolute atomic E-state index is 0.226. The molecule has 2 aromatic rings. The summed E-state index contributed by atoms with van der Waals surface area (Å²) in [5.41, 5.74) is 0.810. The Morgan fingerprint density at radius 3 is 2.48 bits per heavy atom. The summed E-state index contributed by atoms with van der Waals surface area (Å²) in [6.07, 6.45) is 0.687. The second-order valence-corrected chi connectivity index (χ2v) is 5.73. The second-order valence-electron chi connectivity index (χ2n) is 4.02. The summed E-state index contributed by atoms with van der Waals surface area (Å²) in [6, 6.07) is 9.99. The molecule has 0 bridgehead atoms. The fourth-order valence-electron chi connectivity index (χ4n) is 1.68. The van der Waals surface area contributed by atoms with Gasteiger partial charge < -0.3 is 9.47 Å². The first kappa shape index (κ1) is 15.7. The molecule has 0 spiro atoms. The van der Waals surface area contributed by atoms with Crippen molar-refractivity contribution in [2.45, 2.75) is 0 Å². The standard InChI is InChI=1S/C15H10Br2O4/c1-20-13-7-9(8-18)6-12(17)14(13)21-15(19)10-4-2-3-5-11(10)16/h2-8H,1H3. The Morgan fingerprint density at radius 1 is 1.14 bits per heavy atom. The molecule has 21 heavy (non-hydrogen) atoms. The van der Waals surface area contributed by atoms with Crippen LogP contribution in [0.25, 0.3) is 0 Å². The molecule has 0 aliphatic carbocycles. The van der Waals surface area contributed by atoms with E-state index in [4.69, 9.17) is 9.47 Å². The van der Waals surface area contributed by atoms with Crippen LogP contribution in [-0.2, 0) is 0 Å². The molecule has 0 fully saturated rings. The Bertz CT molecular complexity index is 698. The normalized spacial score (nSPS) is 10.0. The molecule has 0 atom stereocenters. The molecule has 0 saturated heterocycles. The van der Waals surface area contributed by atoms with Gasteiger partial charge in [-0.25, -0.2) is 4.79 Å². The van der Waals surface area contributed by atoms with E-state index < -0.39 is 5.97 Å². The largest absolute Gasteiger partial charge is 0.493 e. The monoisotopic (exact) mass is 412 g/mol. The van der Waals surface area contributed by atoms with E-state index in [9.17, 15) is 9.59 Å². The van der Waals surface area contributed by atoms with Crippen molar-refractivity contribution in [1.82, 2.24) is 0 Å². The number of aldehydes is 1. The number of hydrogen-bond acceptors (Lipinski definition) is 4. The molecule has 0 radical (unpaired) electrons. The van der Waals surface area contributed by atoms with Gasteiger partial charge in [0.25, 0.3) is 0 Å². The molecular formula is C15H10Br2O4. The first-order chi connectivity index (χ1) is 10.1. The number of hydrogen-bond donors (Lipinski definition) is 0. The van der Waals surface area contributed by atoms with Gasteiger partial charge in [0.15, 0.2) is 11.5 Å². The van der Waals surface area contributed by atoms with Gasteiger partial charge in [-0.15, -0.1) is 0 Å². The highest BCUT2D eigenvalue weighted by atomic mass is 79.9. The first-order valence-electron chi connectivity index (χ1n) is 5.86. The van der Waals surface area contributed by atoms with Gasteiger partial charge in [0, 0.05) is 10.0 Å². The van der Waals surface area contributed by atoms with E-state index in [0.717, 1.165) is 0 Å². The van der Waals surface area contributed by atoms with Crippen LogP contribution in [0, 0.1) is 0 Å². The van der Waals surface area contributed by atoms with Gasteiger partial charge >= 0.3 is 5.97 Å². The van der Waals surface area contributed by atoms with Crippen LogP contribution in [0.4, 0.5) is 0 Å². The molecular weight excluding hydrogens is 404 g/mol. The van der Waals surface area contributed by atoms with E-state index in [2.05, 4.69) is 31.9 Å². The number of esters is 1. The number of carbonyl (C=O) groups excluding carboxylic acids is 2. The summed E-state index contributed by atoms with van der Waals surface area (Å²) in [5.74, 6) is -0.00365. The third-order valence-corrected chi connectivity index (χ3v) is 3.96.